The molecule has 0 aromatic heterocycles. The van der Waals surface area contributed by atoms with Gasteiger partial charge in [-0.15, -0.1) is 0 Å². The maximum atomic E-state index is 13.2. The van der Waals surface area contributed by atoms with Crippen LogP contribution in [-0.4, -0.2) is 6.61 Å². The standard InChI is InChI=1S/C17H17BrFNO/c18-14-10-12(3-4-15(14)19)16(20)5-1-11-2-6-17-13(9-11)7-8-21-17/h2-4,6,9-10,16H,1,5,7-8,20H2. The van der Waals surface area contributed by atoms with Gasteiger partial charge < -0.3 is 10.5 Å². The maximum absolute atomic E-state index is 13.2. The van der Waals surface area contributed by atoms with Gasteiger partial charge in [0.05, 0.1) is 11.1 Å². The summed E-state index contributed by atoms with van der Waals surface area (Å²) >= 11 is 3.20. The van der Waals surface area contributed by atoms with Crippen LogP contribution in [0.25, 0.3) is 0 Å². The van der Waals surface area contributed by atoms with E-state index < -0.39 is 0 Å². The first-order chi connectivity index (χ1) is 10.1. The van der Waals surface area contributed by atoms with Crippen LogP contribution in [0.1, 0.15) is 29.2 Å². The van der Waals surface area contributed by atoms with Crippen molar-refractivity contribution in [1.29, 1.82) is 0 Å². The van der Waals surface area contributed by atoms with Crippen LogP contribution in [-0.2, 0) is 12.8 Å². The van der Waals surface area contributed by atoms with E-state index in [0.717, 1.165) is 37.2 Å². The topological polar surface area (TPSA) is 35.2 Å². The molecule has 0 bridgehead atoms. The van der Waals surface area contributed by atoms with E-state index in [2.05, 4.69) is 28.1 Å². The lowest BCUT2D eigenvalue weighted by molar-refractivity contribution is 0.357. The Morgan fingerprint density at radius 3 is 2.90 bits per heavy atom. The lowest BCUT2D eigenvalue weighted by atomic mass is 9.98. The summed E-state index contributed by atoms with van der Waals surface area (Å²) in [7, 11) is 0. The molecule has 0 radical (unpaired) electrons. The van der Waals surface area contributed by atoms with Crippen molar-refractivity contribution in [2.75, 3.05) is 6.61 Å². The third-order valence-corrected chi connectivity index (χ3v) is 4.48. The highest BCUT2D eigenvalue weighted by Gasteiger charge is 2.13. The van der Waals surface area contributed by atoms with Crippen LogP contribution in [0, 0.1) is 5.82 Å². The van der Waals surface area contributed by atoms with Crippen molar-refractivity contribution in [3.05, 3.63) is 63.4 Å². The van der Waals surface area contributed by atoms with Gasteiger partial charge in [-0.3, -0.25) is 0 Å². The van der Waals surface area contributed by atoms with E-state index in [4.69, 9.17) is 10.5 Å². The zero-order valence-corrected chi connectivity index (χ0v) is 13.2. The first kappa shape index (κ1) is 14.5. The lowest BCUT2D eigenvalue weighted by Gasteiger charge is -2.13. The third kappa shape index (κ3) is 3.27. The summed E-state index contributed by atoms with van der Waals surface area (Å²) in [6.45, 7) is 0.780. The molecule has 2 N–H and O–H groups in total. The third-order valence-electron chi connectivity index (χ3n) is 3.87. The fourth-order valence-corrected chi connectivity index (χ4v) is 3.02. The van der Waals surface area contributed by atoms with Gasteiger partial charge in [0.2, 0.25) is 0 Å². The number of hydrogen-bond donors (Lipinski definition) is 1. The molecule has 1 unspecified atom stereocenters. The monoisotopic (exact) mass is 349 g/mol. The maximum Gasteiger partial charge on any atom is 0.137 e. The average Bonchev–Trinajstić information content (AvgIpc) is 2.95. The quantitative estimate of drug-likeness (QED) is 0.899. The van der Waals surface area contributed by atoms with Gasteiger partial charge in [0.1, 0.15) is 11.6 Å². The van der Waals surface area contributed by atoms with E-state index in [-0.39, 0.29) is 11.9 Å². The molecule has 0 saturated heterocycles. The highest BCUT2D eigenvalue weighted by Crippen LogP contribution is 2.27. The van der Waals surface area contributed by atoms with E-state index in [0.29, 0.717) is 4.47 Å². The summed E-state index contributed by atoms with van der Waals surface area (Å²) in [5, 5.41) is 0. The van der Waals surface area contributed by atoms with Crippen molar-refractivity contribution in [2.24, 2.45) is 5.73 Å². The zero-order valence-electron chi connectivity index (χ0n) is 11.6. The molecule has 1 aliphatic rings. The highest BCUT2D eigenvalue weighted by molar-refractivity contribution is 9.10. The molecule has 1 heterocycles. The molecule has 1 aliphatic heterocycles. The second kappa shape index (κ2) is 6.16. The largest absolute Gasteiger partial charge is 0.493 e. The fourth-order valence-electron chi connectivity index (χ4n) is 2.63. The predicted molar refractivity (Wildman–Crippen MR) is 85.0 cm³/mol. The van der Waals surface area contributed by atoms with E-state index >= 15 is 0 Å². The minimum atomic E-state index is -0.260. The van der Waals surface area contributed by atoms with Crippen LogP contribution in [0.3, 0.4) is 0 Å². The van der Waals surface area contributed by atoms with Crippen molar-refractivity contribution in [2.45, 2.75) is 25.3 Å². The van der Waals surface area contributed by atoms with E-state index in [1.807, 2.05) is 6.07 Å². The molecule has 0 amide bonds. The molecule has 0 spiro atoms. The Hall–Kier alpha value is -1.39. The Labute approximate surface area is 132 Å². The van der Waals surface area contributed by atoms with Crippen LogP contribution in [0.15, 0.2) is 40.9 Å². The molecular formula is C17H17BrFNO. The van der Waals surface area contributed by atoms with Crippen LogP contribution < -0.4 is 10.5 Å². The van der Waals surface area contributed by atoms with E-state index in [1.54, 1.807) is 12.1 Å². The second-order valence-corrected chi connectivity index (χ2v) is 6.21. The molecule has 2 aromatic carbocycles. The number of halogens is 2. The van der Waals surface area contributed by atoms with Crippen molar-refractivity contribution in [1.82, 2.24) is 0 Å². The summed E-state index contributed by atoms with van der Waals surface area (Å²) in [4.78, 5) is 0. The minimum Gasteiger partial charge on any atom is -0.493 e. The molecule has 0 saturated carbocycles. The Bertz CT molecular complexity index is 659. The minimum absolute atomic E-state index is 0.0913. The smallest absolute Gasteiger partial charge is 0.137 e. The second-order valence-electron chi connectivity index (χ2n) is 5.36. The van der Waals surface area contributed by atoms with Gasteiger partial charge in [0.15, 0.2) is 0 Å². The molecule has 3 rings (SSSR count). The van der Waals surface area contributed by atoms with Gasteiger partial charge in [-0.25, -0.2) is 4.39 Å². The fraction of sp³-hybridized carbons (Fsp3) is 0.294. The van der Waals surface area contributed by atoms with Crippen molar-refractivity contribution in [3.63, 3.8) is 0 Å². The Morgan fingerprint density at radius 1 is 1.24 bits per heavy atom. The van der Waals surface area contributed by atoms with Gasteiger partial charge in [0, 0.05) is 12.5 Å². The van der Waals surface area contributed by atoms with Gasteiger partial charge >= 0.3 is 0 Å². The SMILES string of the molecule is NC(CCc1ccc2c(c1)CCO2)c1ccc(F)c(Br)c1. The molecule has 21 heavy (non-hydrogen) atoms. The predicted octanol–water partition coefficient (Wildman–Crippen LogP) is 4.16. The molecule has 4 heteroatoms. The summed E-state index contributed by atoms with van der Waals surface area (Å²) in [6.07, 6.45) is 2.72. The molecule has 0 aliphatic carbocycles. The summed E-state index contributed by atoms with van der Waals surface area (Å²) < 4.78 is 19.2. The molecule has 2 aromatic rings. The zero-order chi connectivity index (χ0) is 14.8. The van der Waals surface area contributed by atoms with Gasteiger partial charge in [-0.2, -0.15) is 0 Å². The number of hydrogen-bond acceptors (Lipinski definition) is 2. The Kier molecular flexibility index (Phi) is 4.27. The van der Waals surface area contributed by atoms with Crippen molar-refractivity contribution < 1.29 is 9.13 Å². The number of fused-ring (bicyclic) bond motifs is 1. The van der Waals surface area contributed by atoms with Crippen LogP contribution in [0.4, 0.5) is 4.39 Å². The summed E-state index contributed by atoms with van der Waals surface area (Å²) in [6, 6.07) is 11.2. The van der Waals surface area contributed by atoms with Crippen LogP contribution >= 0.6 is 15.9 Å². The van der Waals surface area contributed by atoms with Crippen LogP contribution in [0.5, 0.6) is 5.75 Å². The molecule has 110 valence electrons. The van der Waals surface area contributed by atoms with Crippen LogP contribution in [0.2, 0.25) is 0 Å². The summed E-state index contributed by atoms with van der Waals surface area (Å²) in [5.74, 6) is 0.745. The highest BCUT2D eigenvalue weighted by atomic mass is 79.9. The Morgan fingerprint density at radius 2 is 2.10 bits per heavy atom. The Balaban J connectivity index is 1.65. The van der Waals surface area contributed by atoms with E-state index in [9.17, 15) is 4.39 Å². The lowest BCUT2D eigenvalue weighted by Crippen LogP contribution is -2.11. The first-order valence-corrected chi connectivity index (χ1v) is 7.88. The average molecular weight is 350 g/mol. The van der Waals surface area contributed by atoms with E-state index in [1.165, 1.54) is 17.2 Å². The number of aryl methyl sites for hydroxylation is 1. The number of benzene rings is 2. The molecular weight excluding hydrogens is 333 g/mol. The van der Waals surface area contributed by atoms with Gasteiger partial charge in [-0.05, 0) is 63.7 Å². The number of nitrogens with two attached hydrogens (primary N) is 1. The number of ether oxygens (including phenoxy) is 1. The summed E-state index contributed by atoms with van der Waals surface area (Å²) in [5.41, 5.74) is 9.72. The molecule has 1 atom stereocenters. The van der Waals surface area contributed by atoms with Crippen molar-refractivity contribution in [3.8, 4) is 5.75 Å². The number of rotatable bonds is 4. The van der Waals surface area contributed by atoms with Crippen molar-refractivity contribution >= 4 is 15.9 Å². The van der Waals surface area contributed by atoms with Gasteiger partial charge in [-0.1, -0.05) is 18.2 Å². The molecule has 2 nitrogen and oxygen atoms in total. The molecule has 0 fully saturated rings. The normalized spacial score (nSPS) is 14.6. The first-order valence-electron chi connectivity index (χ1n) is 7.08. The van der Waals surface area contributed by atoms with Gasteiger partial charge in [0.25, 0.3) is 0 Å².